The Kier molecular flexibility index (Phi) is 6.09. The van der Waals surface area contributed by atoms with Crippen molar-refractivity contribution in [1.29, 1.82) is 0 Å². The van der Waals surface area contributed by atoms with Gasteiger partial charge < -0.3 is 24.4 Å². The number of ether oxygens (including phenoxy) is 1. The minimum Gasteiger partial charge on any atom is -0.432 e. The molecule has 7 nitrogen and oxygen atoms in total. The van der Waals surface area contributed by atoms with Crippen LogP contribution in [0.2, 0.25) is 18.6 Å². The van der Waals surface area contributed by atoms with Gasteiger partial charge in [0.25, 0.3) is 5.91 Å². The second-order valence-corrected chi connectivity index (χ2v) is 13.8. The standard InChI is InChI=1S/C24H34N2O5Si/c1-5-12-26-19-10-9-17(25-13-7-6-8-21(25)28)15-18(19)24(23(26)29)16(2)22(32(3,4)30)20(31-24)11-14-27/h5,9-10,15-16,20,22,27,30H,1,6-8,11-14H2,2-4H3/t16-,20+,22-,24+/m1/s1. The molecule has 2 fully saturated rings. The lowest BCUT2D eigenvalue weighted by Gasteiger charge is -2.33. The van der Waals surface area contributed by atoms with Gasteiger partial charge in [0.1, 0.15) is 0 Å². The Labute approximate surface area is 190 Å². The zero-order chi connectivity index (χ0) is 23.3. The molecule has 0 saturated carbocycles. The molecular formula is C24H34N2O5Si. The summed E-state index contributed by atoms with van der Waals surface area (Å²) in [6.45, 7) is 10.5. The van der Waals surface area contributed by atoms with Crippen LogP contribution >= 0.6 is 0 Å². The van der Waals surface area contributed by atoms with Gasteiger partial charge in [-0.05, 0) is 50.6 Å². The van der Waals surface area contributed by atoms with E-state index in [1.54, 1.807) is 15.9 Å². The predicted molar refractivity (Wildman–Crippen MR) is 126 cm³/mol. The predicted octanol–water partition coefficient (Wildman–Crippen LogP) is 2.92. The quantitative estimate of drug-likeness (QED) is 0.505. The summed E-state index contributed by atoms with van der Waals surface area (Å²) in [4.78, 5) is 41.1. The van der Waals surface area contributed by atoms with Gasteiger partial charge in [0.15, 0.2) is 13.9 Å². The van der Waals surface area contributed by atoms with E-state index < -0.39 is 20.0 Å². The number of amides is 2. The van der Waals surface area contributed by atoms with Crippen LogP contribution in [0.5, 0.6) is 0 Å². The van der Waals surface area contributed by atoms with Gasteiger partial charge in [-0.25, -0.2) is 0 Å². The Morgan fingerprint density at radius 2 is 2.06 bits per heavy atom. The third kappa shape index (κ3) is 3.44. The van der Waals surface area contributed by atoms with Crippen LogP contribution in [0.1, 0.15) is 38.2 Å². The Morgan fingerprint density at radius 1 is 1.31 bits per heavy atom. The number of hydrogen-bond donors (Lipinski definition) is 2. The minimum atomic E-state index is -2.72. The molecule has 32 heavy (non-hydrogen) atoms. The molecule has 0 aromatic heterocycles. The van der Waals surface area contributed by atoms with E-state index in [0.29, 0.717) is 25.9 Å². The molecule has 2 saturated heterocycles. The fourth-order valence-electron chi connectivity index (χ4n) is 6.02. The Morgan fingerprint density at radius 3 is 2.69 bits per heavy atom. The largest absolute Gasteiger partial charge is 0.432 e. The number of hydrogen-bond acceptors (Lipinski definition) is 5. The molecule has 0 radical (unpaired) electrons. The first-order chi connectivity index (χ1) is 15.2. The molecule has 3 aliphatic heterocycles. The van der Waals surface area contributed by atoms with Gasteiger partial charge in [-0.3, -0.25) is 9.59 Å². The minimum absolute atomic E-state index is 0.0752. The number of anilines is 2. The van der Waals surface area contributed by atoms with E-state index in [1.165, 1.54) is 0 Å². The molecule has 0 unspecified atom stereocenters. The number of aliphatic hydroxyl groups is 1. The summed E-state index contributed by atoms with van der Waals surface area (Å²) in [5.41, 5.74) is 0.826. The van der Waals surface area contributed by atoms with Crippen LogP contribution in [-0.2, 0) is 19.9 Å². The molecule has 174 valence electrons. The van der Waals surface area contributed by atoms with E-state index in [2.05, 4.69) is 6.58 Å². The van der Waals surface area contributed by atoms with Gasteiger partial charge in [0, 0.05) is 48.8 Å². The van der Waals surface area contributed by atoms with E-state index in [0.717, 1.165) is 29.8 Å². The average Bonchev–Trinajstić information content (AvgIpc) is 3.16. The number of nitrogens with zero attached hydrogens (tertiary/aromatic N) is 2. The zero-order valence-electron chi connectivity index (χ0n) is 19.2. The number of rotatable bonds is 6. The number of carbonyl (C=O) groups excluding carboxylic acids is 2. The van der Waals surface area contributed by atoms with Gasteiger partial charge in [-0.2, -0.15) is 0 Å². The first-order valence-electron chi connectivity index (χ1n) is 11.6. The molecule has 4 atom stereocenters. The number of aliphatic hydroxyl groups excluding tert-OH is 1. The Bertz CT molecular complexity index is 929. The van der Waals surface area contributed by atoms with Crippen LogP contribution < -0.4 is 9.80 Å². The highest BCUT2D eigenvalue weighted by Crippen LogP contribution is 2.60. The summed E-state index contributed by atoms with van der Waals surface area (Å²) in [6, 6.07) is 5.73. The second-order valence-electron chi connectivity index (χ2n) is 9.78. The molecule has 2 amide bonds. The molecule has 3 aliphatic rings. The number of carbonyl (C=O) groups is 2. The number of benzene rings is 1. The third-order valence-electron chi connectivity index (χ3n) is 7.33. The van der Waals surface area contributed by atoms with E-state index >= 15 is 0 Å². The first-order valence-corrected chi connectivity index (χ1v) is 14.6. The van der Waals surface area contributed by atoms with Gasteiger partial charge in [-0.1, -0.05) is 13.0 Å². The molecular weight excluding hydrogens is 424 g/mol. The van der Waals surface area contributed by atoms with Crippen LogP contribution in [0.3, 0.4) is 0 Å². The average molecular weight is 459 g/mol. The van der Waals surface area contributed by atoms with Crippen LogP contribution in [0.4, 0.5) is 11.4 Å². The highest BCUT2D eigenvalue weighted by molar-refractivity contribution is 6.71. The monoisotopic (exact) mass is 458 g/mol. The summed E-state index contributed by atoms with van der Waals surface area (Å²) in [5, 5.41) is 9.67. The molecule has 8 heteroatoms. The van der Waals surface area contributed by atoms with Crippen molar-refractivity contribution in [3.05, 3.63) is 36.4 Å². The van der Waals surface area contributed by atoms with Crippen molar-refractivity contribution in [2.75, 3.05) is 29.5 Å². The van der Waals surface area contributed by atoms with Gasteiger partial charge in [0.2, 0.25) is 5.91 Å². The highest BCUT2D eigenvalue weighted by Gasteiger charge is 2.66. The van der Waals surface area contributed by atoms with E-state index in [9.17, 15) is 19.5 Å². The van der Waals surface area contributed by atoms with Crippen molar-refractivity contribution < 1.29 is 24.2 Å². The van der Waals surface area contributed by atoms with Crippen molar-refractivity contribution >= 4 is 31.5 Å². The summed E-state index contributed by atoms with van der Waals surface area (Å²) in [6.07, 6.45) is 4.02. The SMILES string of the molecule is C=CCN1C(=O)[C@@]2(O[C@@H](CCO)[C@H]([Si](C)(C)O)[C@H]2C)c2cc(N3CCCCC3=O)ccc21. The Hall–Kier alpha value is -2.00. The smallest absolute Gasteiger partial charge is 0.264 e. The molecule has 2 N–H and O–H groups in total. The molecule has 1 spiro atoms. The summed E-state index contributed by atoms with van der Waals surface area (Å²) >= 11 is 0. The summed E-state index contributed by atoms with van der Waals surface area (Å²) in [5.74, 6) is -0.345. The lowest BCUT2D eigenvalue weighted by Crippen LogP contribution is -2.46. The highest BCUT2D eigenvalue weighted by atomic mass is 28.4. The maximum absolute atomic E-state index is 13.9. The molecule has 1 aromatic rings. The fourth-order valence-corrected chi connectivity index (χ4v) is 8.62. The second kappa shape index (κ2) is 8.41. The lowest BCUT2D eigenvalue weighted by atomic mass is 9.82. The van der Waals surface area contributed by atoms with Crippen molar-refractivity contribution in [3.8, 4) is 0 Å². The van der Waals surface area contributed by atoms with Crippen LogP contribution in [0.15, 0.2) is 30.9 Å². The Balaban J connectivity index is 1.86. The fraction of sp³-hybridized carbons (Fsp3) is 0.583. The molecule has 1 aromatic carbocycles. The number of piperidine rings is 1. The van der Waals surface area contributed by atoms with Crippen LogP contribution in [-0.4, -0.2) is 55.8 Å². The van der Waals surface area contributed by atoms with Gasteiger partial charge in [-0.15, -0.1) is 6.58 Å². The van der Waals surface area contributed by atoms with E-state index in [-0.39, 0.29) is 29.9 Å². The summed E-state index contributed by atoms with van der Waals surface area (Å²) < 4.78 is 6.57. The van der Waals surface area contributed by atoms with Gasteiger partial charge >= 0.3 is 0 Å². The van der Waals surface area contributed by atoms with Crippen molar-refractivity contribution in [2.24, 2.45) is 5.92 Å². The molecule has 0 aliphatic carbocycles. The van der Waals surface area contributed by atoms with Crippen LogP contribution in [0, 0.1) is 5.92 Å². The maximum Gasteiger partial charge on any atom is 0.264 e. The number of fused-ring (bicyclic) bond motifs is 2. The van der Waals surface area contributed by atoms with Crippen molar-refractivity contribution in [1.82, 2.24) is 0 Å². The van der Waals surface area contributed by atoms with Crippen LogP contribution in [0.25, 0.3) is 0 Å². The van der Waals surface area contributed by atoms with E-state index in [1.807, 2.05) is 38.2 Å². The normalized spacial score (nSPS) is 30.3. The lowest BCUT2D eigenvalue weighted by molar-refractivity contribution is -0.146. The zero-order valence-corrected chi connectivity index (χ0v) is 20.2. The van der Waals surface area contributed by atoms with Gasteiger partial charge in [0.05, 0.1) is 11.8 Å². The first kappa shape index (κ1) is 23.2. The maximum atomic E-state index is 13.9. The topological polar surface area (TPSA) is 90.3 Å². The van der Waals surface area contributed by atoms with E-state index in [4.69, 9.17) is 4.74 Å². The van der Waals surface area contributed by atoms with Crippen molar-refractivity contribution in [3.63, 3.8) is 0 Å². The molecule has 0 bridgehead atoms. The molecule has 3 heterocycles. The van der Waals surface area contributed by atoms with Crippen molar-refractivity contribution in [2.45, 2.75) is 62.9 Å². The summed E-state index contributed by atoms with van der Waals surface area (Å²) in [7, 11) is -2.72. The molecule has 4 rings (SSSR count). The third-order valence-corrected chi connectivity index (χ3v) is 9.83.